The van der Waals surface area contributed by atoms with Crippen LogP contribution in [0.3, 0.4) is 0 Å². The summed E-state index contributed by atoms with van der Waals surface area (Å²) in [5, 5.41) is 11.9. The Morgan fingerprint density at radius 1 is 0.944 bits per heavy atom. The van der Waals surface area contributed by atoms with Gasteiger partial charge in [-0.25, -0.2) is 5.43 Å². The first-order valence-corrected chi connectivity index (χ1v) is 12.2. The van der Waals surface area contributed by atoms with E-state index in [1.54, 1.807) is 30.5 Å². The number of nitrogens with zero attached hydrogens (tertiary/aromatic N) is 1. The maximum absolute atomic E-state index is 12.9. The van der Waals surface area contributed by atoms with Gasteiger partial charge >= 0.3 is 0 Å². The van der Waals surface area contributed by atoms with Gasteiger partial charge in [-0.05, 0) is 64.2 Å². The monoisotopic (exact) mass is 501 g/mol. The van der Waals surface area contributed by atoms with Crippen LogP contribution in [0.25, 0.3) is 21.5 Å². The zero-order valence-electron chi connectivity index (χ0n) is 20.2. The van der Waals surface area contributed by atoms with Gasteiger partial charge in [0.2, 0.25) is 0 Å². The number of carbonyl (C=O) groups is 2. The Labute approximate surface area is 215 Å². The van der Waals surface area contributed by atoms with Crippen molar-refractivity contribution < 1.29 is 14.3 Å². The van der Waals surface area contributed by atoms with E-state index in [-0.39, 0.29) is 18.4 Å². The summed E-state index contributed by atoms with van der Waals surface area (Å²) in [4.78, 5) is 25.4. The fraction of sp³-hybridized carbons (Fsp3) is 0.207. The van der Waals surface area contributed by atoms with Crippen LogP contribution in [0.15, 0.2) is 84.0 Å². The maximum Gasteiger partial charge on any atom is 0.262 e. The number of hydrazone groups is 1. The van der Waals surface area contributed by atoms with Crippen molar-refractivity contribution in [1.29, 1.82) is 0 Å². The second kappa shape index (κ2) is 11.7. The first-order valence-electron chi connectivity index (χ1n) is 11.8. The minimum Gasteiger partial charge on any atom is -0.484 e. The van der Waals surface area contributed by atoms with Gasteiger partial charge in [0.1, 0.15) is 11.8 Å². The molecule has 0 aromatic heterocycles. The highest BCUT2D eigenvalue weighted by molar-refractivity contribution is 6.30. The zero-order chi connectivity index (χ0) is 25.5. The molecule has 7 heteroatoms. The lowest BCUT2D eigenvalue weighted by atomic mass is 9.97. The van der Waals surface area contributed by atoms with Crippen LogP contribution in [-0.4, -0.2) is 30.7 Å². The minimum absolute atomic E-state index is 0.184. The number of fused-ring (bicyclic) bond motifs is 2. The lowest BCUT2D eigenvalue weighted by molar-refractivity contribution is -0.130. The van der Waals surface area contributed by atoms with Crippen LogP contribution in [0.2, 0.25) is 5.02 Å². The number of amides is 2. The number of rotatable bonds is 9. The largest absolute Gasteiger partial charge is 0.484 e. The van der Waals surface area contributed by atoms with Crippen molar-refractivity contribution in [2.45, 2.75) is 26.3 Å². The van der Waals surface area contributed by atoms with E-state index in [4.69, 9.17) is 16.3 Å². The third kappa shape index (κ3) is 6.40. The smallest absolute Gasteiger partial charge is 0.262 e. The number of benzene rings is 4. The molecular weight excluding hydrogens is 474 g/mol. The molecule has 184 valence electrons. The van der Waals surface area contributed by atoms with Gasteiger partial charge in [0.15, 0.2) is 6.61 Å². The molecule has 0 bridgehead atoms. The standard InChI is InChI=1S/C29H28ClN3O3/c1-19(2)15-27(32-28(34)18-36-23-13-11-22(30)12-14-23)29(35)33-31-17-26-24-9-5-3-7-20(24)16-21-8-4-6-10-25(21)26/h3-14,16-17,19,27H,15,18H2,1-2H3,(H,32,34)(H,33,35)/b31-17-/t27-/m0/s1. The summed E-state index contributed by atoms with van der Waals surface area (Å²) in [5.41, 5.74) is 3.53. The minimum atomic E-state index is -0.743. The Balaban J connectivity index is 1.45. The fourth-order valence-electron chi connectivity index (χ4n) is 4.04. The summed E-state index contributed by atoms with van der Waals surface area (Å²) in [6.45, 7) is 3.76. The average Bonchev–Trinajstić information content (AvgIpc) is 2.87. The van der Waals surface area contributed by atoms with E-state index >= 15 is 0 Å². The number of hydrogen-bond acceptors (Lipinski definition) is 4. The van der Waals surface area contributed by atoms with Crippen LogP contribution in [-0.2, 0) is 9.59 Å². The highest BCUT2D eigenvalue weighted by Crippen LogP contribution is 2.27. The number of hydrogen-bond donors (Lipinski definition) is 2. The van der Waals surface area contributed by atoms with E-state index in [1.165, 1.54) is 0 Å². The molecule has 2 amide bonds. The zero-order valence-corrected chi connectivity index (χ0v) is 21.0. The summed E-state index contributed by atoms with van der Waals surface area (Å²) in [5.74, 6) is -0.0744. The summed E-state index contributed by atoms with van der Waals surface area (Å²) in [7, 11) is 0. The summed E-state index contributed by atoms with van der Waals surface area (Å²) in [6.07, 6.45) is 2.13. The topological polar surface area (TPSA) is 79.8 Å². The summed E-state index contributed by atoms with van der Waals surface area (Å²) >= 11 is 5.87. The molecule has 2 N–H and O–H groups in total. The van der Waals surface area contributed by atoms with Gasteiger partial charge in [0, 0.05) is 10.6 Å². The second-order valence-electron chi connectivity index (χ2n) is 8.96. The molecule has 4 rings (SSSR count). The van der Waals surface area contributed by atoms with Gasteiger partial charge in [0.05, 0.1) is 6.21 Å². The van der Waals surface area contributed by atoms with Crippen molar-refractivity contribution in [1.82, 2.24) is 10.7 Å². The van der Waals surface area contributed by atoms with Crippen molar-refractivity contribution in [3.05, 3.63) is 89.4 Å². The van der Waals surface area contributed by atoms with Crippen molar-refractivity contribution >= 4 is 51.2 Å². The Hall–Kier alpha value is -3.90. The Bertz CT molecular complexity index is 1350. The highest BCUT2D eigenvalue weighted by Gasteiger charge is 2.22. The number of ether oxygens (including phenoxy) is 1. The normalized spacial score (nSPS) is 12.2. The SMILES string of the molecule is CC(C)C[C@H](NC(=O)COc1ccc(Cl)cc1)C(=O)N/N=C\c1c2ccccc2cc2ccccc12. The molecule has 1 atom stereocenters. The molecule has 0 spiro atoms. The molecule has 0 saturated heterocycles. The maximum atomic E-state index is 12.9. The summed E-state index contributed by atoms with van der Waals surface area (Å²) in [6, 6.07) is 24.2. The predicted molar refractivity (Wildman–Crippen MR) is 146 cm³/mol. The van der Waals surface area contributed by atoms with Crippen LogP contribution in [0.5, 0.6) is 5.75 Å². The molecule has 0 aliphatic heterocycles. The number of carbonyl (C=O) groups excluding carboxylic acids is 2. The van der Waals surface area contributed by atoms with Crippen molar-refractivity contribution in [3.63, 3.8) is 0 Å². The van der Waals surface area contributed by atoms with Gasteiger partial charge in [-0.3, -0.25) is 9.59 Å². The van der Waals surface area contributed by atoms with E-state index < -0.39 is 11.9 Å². The highest BCUT2D eigenvalue weighted by atomic mass is 35.5. The van der Waals surface area contributed by atoms with Gasteiger partial charge in [0.25, 0.3) is 11.8 Å². The molecule has 4 aromatic carbocycles. The van der Waals surface area contributed by atoms with Crippen LogP contribution >= 0.6 is 11.6 Å². The van der Waals surface area contributed by atoms with Crippen LogP contribution < -0.4 is 15.5 Å². The fourth-order valence-corrected chi connectivity index (χ4v) is 4.17. The van der Waals surface area contributed by atoms with E-state index in [2.05, 4.69) is 34.0 Å². The van der Waals surface area contributed by atoms with Gasteiger partial charge in [-0.2, -0.15) is 5.10 Å². The molecule has 0 aliphatic carbocycles. The van der Waals surface area contributed by atoms with Gasteiger partial charge in [-0.15, -0.1) is 0 Å². The number of nitrogens with one attached hydrogen (secondary N) is 2. The molecule has 6 nitrogen and oxygen atoms in total. The molecule has 0 saturated carbocycles. The average molecular weight is 502 g/mol. The molecule has 0 radical (unpaired) electrons. The Morgan fingerprint density at radius 3 is 2.17 bits per heavy atom. The van der Waals surface area contributed by atoms with Gasteiger partial charge in [-0.1, -0.05) is 74.0 Å². The molecule has 0 heterocycles. The van der Waals surface area contributed by atoms with Crippen LogP contribution in [0.4, 0.5) is 0 Å². The molecule has 0 unspecified atom stereocenters. The Morgan fingerprint density at radius 2 is 1.56 bits per heavy atom. The molecule has 0 aliphatic rings. The molecular formula is C29H28ClN3O3. The lowest BCUT2D eigenvalue weighted by Gasteiger charge is -2.19. The predicted octanol–water partition coefficient (Wildman–Crippen LogP) is 5.71. The Kier molecular flexibility index (Phi) is 8.18. The van der Waals surface area contributed by atoms with Crippen LogP contribution in [0, 0.1) is 5.92 Å². The molecule has 4 aromatic rings. The van der Waals surface area contributed by atoms with Crippen molar-refractivity contribution in [2.75, 3.05) is 6.61 Å². The van der Waals surface area contributed by atoms with Crippen LogP contribution in [0.1, 0.15) is 25.8 Å². The van der Waals surface area contributed by atoms with E-state index in [9.17, 15) is 9.59 Å². The quantitative estimate of drug-likeness (QED) is 0.175. The van der Waals surface area contributed by atoms with Gasteiger partial charge < -0.3 is 10.1 Å². The lowest BCUT2D eigenvalue weighted by Crippen LogP contribution is -2.47. The summed E-state index contributed by atoms with van der Waals surface area (Å²) < 4.78 is 5.50. The molecule has 36 heavy (non-hydrogen) atoms. The first kappa shape index (κ1) is 25.2. The van der Waals surface area contributed by atoms with Crippen molar-refractivity contribution in [2.24, 2.45) is 11.0 Å². The second-order valence-corrected chi connectivity index (χ2v) is 9.40. The third-order valence-electron chi connectivity index (χ3n) is 5.72. The van der Waals surface area contributed by atoms with E-state index in [1.807, 2.05) is 50.2 Å². The number of halogens is 1. The first-order chi connectivity index (χ1) is 17.4. The van der Waals surface area contributed by atoms with E-state index in [0.717, 1.165) is 27.1 Å². The third-order valence-corrected chi connectivity index (χ3v) is 5.98. The molecule has 0 fully saturated rings. The van der Waals surface area contributed by atoms with Crippen molar-refractivity contribution in [3.8, 4) is 5.75 Å². The van der Waals surface area contributed by atoms with E-state index in [0.29, 0.717) is 17.2 Å².